The SMILES string of the molecule is O=C(c1cc2ccccc2oc1=O)N(CCc1nccs1)C1CC1. The van der Waals surface area contributed by atoms with Crippen LogP contribution >= 0.6 is 11.3 Å². The number of fused-ring (bicyclic) bond motifs is 1. The highest BCUT2D eigenvalue weighted by Crippen LogP contribution is 2.28. The van der Waals surface area contributed by atoms with E-state index >= 15 is 0 Å². The maximum atomic E-state index is 12.9. The minimum atomic E-state index is -0.571. The summed E-state index contributed by atoms with van der Waals surface area (Å²) in [5.41, 5.74) is 0.0399. The van der Waals surface area contributed by atoms with Gasteiger partial charge in [0.25, 0.3) is 5.91 Å². The zero-order valence-electron chi connectivity index (χ0n) is 13.0. The fourth-order valence-corrected chi connectivity index (χ4v) is 3.40. The average molecular weight is 340 g/mol. The molecule has 0 atom stereocenters. The van der Waals surface area contributed by atoms with E-state index in [1.165, 1.54) is 0 Å². The first-order valence-electron chi connectivity index (χ1n) is 7.94. The summed E-state index contributed by atoms with van der Waals surface area (Å²) < 4.78 is 5.30. The summed E-state index contributed by atoms with van der Waals surface area (Å²) in [4.78, 5) is 31.2. The maximum absolute atomic E-state index is 12.9. The van der Waals surface area contributed by atoms with Gasteiger partial charge in [0.2, 0.25) is 0 Å². The van der Waals surface area contributed by atoms with Crippen LogP contribution in [-0.2, 0) is 6.42 Å². The number of aromatic nitrogens is 1. The molecule has 0 spiro atoms. The Bertz CT molecular complexity index is 929. The van der Waals surface area contributed by atoms with Gasteiger partial charge in [0, 0.05) is 36.0 Å². The molecular formula is C18H16N2O3S. The highest BCUT2D eigenvalue weighted by atomic mass is 32.1. The third kappa shape index (κ3) is 2.97. The lowest BCUT2D eigenvalue weighted by Gasteiger charge is -2.21. The van der Waals surface area contributed by atoms with E-state index < -0.39 is 5.63 Å². The fourth-order valence-electron chi connectivity index (χ4n) is 2.79. The van der Waals surface area contributed by atoms with E-state index in [-0.39, 0.29) is 17.5 Å². The Morgan fingerprint density at radius 3 is 2.92 bits per heavy atom. The van der Waals surface area contributed by atoms with Gasteiger partial charge < -0.3 is 9.32 Å². The lowest BCUT2D eigenvalue weighted by Crippen LogP contribution is -2.37. The smallest absolute Gasteiger partial charge is 0.349 e. The predicted molar refractivity (Wildman–Crippen MR) is 92.4 cm³/mol. The molecule has 1 amide bonds. The first-order valence-corrected chi connectivity index (χ1v) is 8.82. The molecule has 2 heterocycles. The number of hydrogen-bond donors (Lipinski definition) is 0. The molecule has 1 aliphatic rings. The van der Waals surface area contributed by atoms with E-state index in [1.807, 2.05) is 17.5 Å². The van der Waals surface area contributed by atoms with Crippen LogP contribution in [0.1, 0.15) is 28.2 Å². The molecule has 0 aliphatic heterocycles. The fraction of sp³-hybridized carbons (Fsp3) is 0.278. The molecule has 1 fully saturated rings. The van der Waals surface area contributed by atoms with Crippen molar-refractivity contribution in [3.8, 4) is 0 Å². The largest absolute Gasteiger partial charge is 0.422 e. The van der Waals surface area contributed by atoms with Crippen molar-refractivity contribution >= 4 is 28.2 Å². The zero-order valence-corrected chi connectivity index (χ0v) is 13.8. The second-order valence-corrected chi connectivity index (χ2v) is 6.87. The van der Waals surface area contributed by atoms with Gasteiger partial charge in [-0.3, -0.25) is 4.79 Å². The molecule has 6 heteroatoms. The van der Waals surface area contributed by atoms with E-state index in [2.05, 4.69) is 4.98 Å². The van der Waals surface area contributed by atoms with Gasteiger partial charge in [0.1, 0.15) is 11.1 Å². The van der Waals surface area contributed by atoms with Crippen molar-refractivity contribution in [1.82, 2.24) is 9.88 Å². The third-order valence-electron chi connectivity index (χ3n) is 4.17. The molecular weight excluding hydrogens is 324 g/mol. The molecule has 122 valence electrons. The first kappa shape index (κ1) is 15.1. The van der Waals surface area contributed by atoms with Crippen molar-refractivity contribution in [2.75, 3.05) is 6.54 Å². The number of nitrogens with zero attached hydrogens (tertiary/aromatic N) is 2. The first-order chi connectivity index (χ1) is 11.7. The predicted octanol–water partition coefficient (Wildman–Crippen LogP) is 3.10. The van der Waals surface area contributed by atoms with Crippen LogP contribution in [0.2, 0.25) is 0 Å². The van der Waals surface area contributed by atoms with Gasteiger partial charge in [-0.2, -0.15) is 0 Å². The van der Waals surface area contributed by atoms with Crippen molar-refractivity contribution < 1.29 is 9.21 Å². The standard InChI is InChI=1S/C18H16N2O3S/c21-17(14-11-12-3-1-2-4-15(12)23-18(14)22)20(13-5-6-13)9-7-16-19-8-10-24-16/h1-4,8,10-11,13H,5-7,9H2. The number of rotatable bonds is 5. The monoisotopic (exact) mass is 340 g/mol. The summed E-state index contributed by atoms with van der Waals surface area (Å²) in [7, 11) is 0. The minimum Gasteiger partial charge on any atom is -0.422 e. The van der Waals surface area contributed by atoms with Crippen molar-refractivity contribution in [3.63, 3.8) is 0 Å². The van der Waals surface area contributed by atoms with E-state index in [9.17, 15) is 9.59 Å². The van der Waals surface area contributed by atoms with Crippen molar-refractivity contribution in [2.24, 2.45) is 0 Å². The Hall–Kier alpha value is -2.47. The molecule has 1 saturated carbocycles. The van der Waals surface area contributed by atoms with Gasteiger partial charge in [-0.1, -0.05) is 18.2 Å². The topological polar surface area (TPSA) is 63.4 Å². The number of carbonyl (C=O) groups excluding carboxylic acids is 1. The van der Waals surface area contributed by atoms with E-state index in [1.54, 1.807) is 40.6 Å². The molecule has 4 rings (SSSR count). The molecule has 0 unspecified atom stereocenters. The van der Waals surface area contributed by atoms with Crippen LogP contribution in [0.4, 0.5) is 0 Å². The molecule has 0 N–H and O–H groups in total. The van der Waals surface area contributed by atoms with Gasteiger partial charge >= 0.3 is 5.63 Å². The Balaban J connectivity index is 1.62. The molecule has 3 aromatic rings. The van der Waals surface area contributed by atoms with Crippen molar-refractivity contribution in [3.05, 3.63) is 62.9 Å². The third-order valence-corrected chi connectivity index (χ3v) is 5.01. The molecule has 1 aliphatic carbocycles. The Morgan fingerprint density at radius 2 is 2.17 bits per heavy atom. The summed E-state index contributed by atoms with van der Waals surface area (Å²) in [5.74, 6) is -0.242. The number of carbonyl (C=O) groups is 1. The van der Waals surface area contributed by atoms with Crippen LogP contribution in [0.3, 0.4) is 0 Å². The quantitative estimate of drug-likeness (QED) is 0.670. The number of benzene rings is 1. The molecule has 0 radical (unpaired) electrons. The van der Waals surface area contributed by atoms with Crippen molar-refractivity contribution in [1.29, 1.82) is 0 Å². The summed E-state index contributed by atoms with van der Waals surface area (Å²) in [5, 5.41) is 3.69. The van der Waals surface area contributed by atoms with Crippen LogP contribution in [0.15, 0.2) is 51.1 Å². The highest BCUT2D eigenvalue weighted by molar-refractivity contribution is 7.09. The lowest BCUT2D eigenvalue weighted by molar-refractivity contribution is 0.0741. The molecule has 2 aromatic heterocycles. The van der Waals surface area contributed by atoms with Crippen LogP contribution in [-0.4, -0.2) is 28.4 Å². The van der Waals surface area contributed by atoms with Crippen LogP contribution in [0.25, 0.3) is 11.0 Å². The second-order valence-electron chi connectivity index (χ2n) is 5.89. The summed E-state index contributed by atoms with van der Waals surface area (Å²) in [6, 6.07) is 9.10. The molecule has 0 saturated heterocycles. The molecule has 1 aromatic carbocycles. The molecule has 0 bridgehead atoms. The molecule has 5 nitrogen and oxygen atoms in total. The van der Waals surface area contributed by atoms with E-state index in [4.69, 9.17) is 4.42 Å². The van der Waals surface area contributed by atoms with Crippen LogP contribution in [0, 0.1) is 0 Å². The Kier molecular flexibility index (Phi) is 3.90. The van der Waals surface area contributed by atoms with E-state index in [0.717, 1.165) is 23.2 Å². The number of hydrogen-bond acceptors (Lipinski definition) is 5. The molecule has 24 heavy (non-hydrogen) atoms. The van der Waals surface area contributed by atoms with Gasteiger partial charge in [-0.05, 0) is 25.0 Å². The van der Waals surface area contributed by atoms with Crippen molar-refractivity contribution in [2.45, 2.75) is 25.3 Å². The van der Waals surface area contributed by atoms with Gasteiger partial charge in [0.05, 0.1) is 5.01 Å². The maximum Gasteiger partial charge on any atom is 0.349 e. The lowest BCUT2D eigenvalue weighted by atomic mass is 10.1. The Morgan fingerprint density at radius 1 is 1.33 bits per heavy atom. The number of amides is 1. The highest BCUT2D eigenvalue weighted by Gasteiger charge is 2.34. The van der Waals surface area contributed by atoms with Gasteiger partial charge in [-0.25, -0.2) is 9.78 Å². The van der Waals surface area contributed by atoms with Gasteiger partial charge in [0.15, 0.2) is 0 Å². The minimum absolute atomic E-state index is 0.111. The summed E-state index contributed by atoms with van der Waals surface area (Å²) >= 11 is 1.58. The zero-order chi connectivity index (χ0) is 16.5. The number of thiazole rings is 1. The average Bonchev–Trinajstić information content (AvgIpc) is 3.29. The van der Waals surface area contributed by atoms with Gasteiger partial charge in [-0.15, -0.1) is 11.3 Å². The Labute approximate surface area is 142 Å². The summed E-state index contributed by atoms with van der Waals surface area (Å²) in [6.45, 7) is 0.573. The van der Waals surface area contributed by atoms with Crippen LogP contribution < -0.4 is 5.63 Å². The number of para-hydroxylation sites is 1. The second kappa shape index (κ2) is 6.20. The normalized spacial score (nSPS) is 14.0. The van der Waals surface area contributed by atoms with E-state index in [0.29, 0.717) is 18.5 Å². The van der Waals surface area contributed by atoms with Crippen LogP contribution in [0.5, 0.6) is 0 Å². The summed E-state index contributed by atoms with van der Waals surface area (Å²) in [6.07, 6.45) is 4.45.